The van der Waals surface area contributed by atoms with Gasteiger partial charge in [-0.25, -0.2) is 0 Å². The number of hydrogen-bond donors (Lipinski definition) is 1. The fraction of sp³-hybridized carbons (Fsp3) is 1.00. The van der Waals surface area contributed by atoms with Crippen molar-refractivity contribution in [1.82, 2.24) is 5.32 Å². The van der Waals surface area contributed by atoms with E-state index in [0.717, 1.165) is 18.8 Å². The number of hydrogen-bond acceptors (Lipinski definition) is 1. The van der Waals surface area contributed by atoms with Gasteiger partial charge in [-0.2, -0.15) is 13.2 Å². The minimum Gasteiger partial charge on any atom is -0.311 e. The van der Waals surface area contributed by atoms with Gasteiger partial charge in [-0.15, -0.1) is 0 Å². The van der Waals surface area contributed by atoms with Crippen molar-refractivity contribution in [2.45, 2.75) is 70.1 Å². The Morgan fingerprint density at radius 2 is 1.88 bits per heavy atom. The van der Waals surface area contributed by atoms with E-state index in [1.54, 1.807) is 0 Å². The van der Waals surface area contributed by atoms with Crippen molar-refractivity contribution in [2.75, 3.05) is 0 Å². The molecule has 1 N–H and O–H groups in total. The fourth-order valence-electron chi connectivity index (χ4n) is 3.03. The second-order valence-corrected chi connectivity index (χ2v) is 5.62. The van der Waals surface area contributed by atoms with E-state index in [2.05, 4.69) is 12.2 Å². The zero-order valence-corrected chi connectivity index (χ0v) is 10.4. The van der Waals surface area contributed by atoms with Crippen molar-refractivity contribution < 1.29 is 13.2 Å². The van der Waals surface area contributed by atoms with Gasteiger partial charge in [0.05, 0.1) is 5.92 Å². The summed E-state index contributed by atoms with van der Waals surface area (Å²) in [6, 6.07) is 0.535. The van der Waals surface area contributed by atoms with Gasteiger partial charge in [0.25, 0.3) is 0 Å². The normalized spacial score (nSPS) is 32.5. The summed E-state index contributed by atoms with van der Waals surface area (Å²) in [6.45, 7) is 2.13. The molecule has 1 nitrogen and oxygen atoms in total. The molecule has 17 heavy (non-hydrogen) atoms. The maximum absolute atomic E-state index is 12.7. The van der Waals surface area contributed by atoms with Crippen LogP contribution >= 0.6 is 0 Å². The van der Waals surface area contributed by atoms with Gasteiger partial charge >= 0.3 is 6.18 Å². The maximum atomic E-state index is 12.7. The highest BCUT2D eigenvalue weighted by atomic mass is 19.4. The molecule has 0 bridgehead atoms. The Morgan fingerprint density at radius 1 is 1.18 bits per heavy atom. The van der Waals surface area contributed by atoms with Crippen LogP contribution in [0, 0.1) is 11.8 Å². The van der Waals surface area contributed by atoms with Gasteiger partial charge in [-0.05, 0) is 44.4 Å². The minimum absolute atomic E-state index is 0.0842. The molecule has 0 radical (unpaired) electrons. The largest absolute Gasteiger partial charge is 0.391 e. The standard InChI is InChI=1S/C13H22F3N/c1-2-12(9-6-7-9)17-11-5-3-4-10(8-11)13(14,15)16/h9-12,17H,2-8H2,1H3. The molecule has 0 aromatic rings. The fourth-order valence-corrected chi connectivity index (χ4v) is 3.03. The van der Waals surface area contributed by atoms with E-state index in [4.69, 9.17) is 0 Å². The molecule has 0 amide bonds. The third-order valence-electron chi connectivity index (χ3n) is 4.22. The molecule has 2 aliphatic carbocycles. The van der Waals surface area contributed by atoms with Crippen LogP contribution in [0.15, 0.2) is 0 Å². The quantitative estimate of drug-likeness (QED) is 0.797. The Bertz CT molecular complexity index is 246. The lowest BCUT2D eigenvalue weighted by Gasteiger charge is -2.33. The average molecular weight is 249 g/mol. The van der Waals surface area contributed by atoms with Crippen LogP contribution in [0.2, 0.25) is 0 Å². The lowest BCUT2D eigenvalue weighted by molar-refractivity contribution is -0.183. The minimum atomic E-state index is -4.00. The van der Waals surface area contributed by atoms with Crippen molar-refractivity contribution in [2.24, 2.45) is 11.8 Å². The van der Waals surface area contributed by atoms with Gasteiger partial charge in [0.15, 0.2) is 0 Å². The molecule has 3 unspecified atom stereocenters. The highest BCUT2D eigenvalue weighted by Crippen LogP contribution is 2.39. The molecule has 4 heteroatoms. The zero-order valence-electron chi connectivity index (χ0n) is 10.4. The Hall–Kier alpha value is -0.250. The summed E-state index contributed by atoms with van der Waals surface area (Å²) >= 11 is 0. The van der Waals surface area contributed by atoms with Crippen molar-refractivity contribution in [3.8, 4) is 0 Å². The average Bonchev–Trinajstić information content (AvgIpc) is 3.09. The highest BCUT2D eigenvalue weighted by Gasteiger charge is 2.43. The van der Waals surface area contributed by atoms with Crippen LogP contribution in [0.3, 0.4) is 0 Å². The predicted molar refractivity (Wildman–Crippen MR) is 61.7 cm³/mol. The van der Waals surface area contributed by atoms with Gasteiger partial charge in [0, 0.05) is 12.1 Å². The van der Waals surface area contributed by atoms with E-state index in [1.807, 2.05) is 0 Å². The first-order valence-electron chi connectivity index (χ1n) is 6.83. The molecule has 0 spiro atoms. The predicted octanol–water partition coefficient (Wildman–Crippen LogP) is 3.89. The first kappa shape index (κ1) is 13.2. The van der Waals surface area contributed by atoms with Gasteiger partial charge in [-0.1, -0.05) is 13.3 Å². The summed E-state index contributed by atoms with van der Waals surface area (Å²) in [5.74, 6) is -0.350. The summed E-state index contributed by atoms with van der Waals surface area (Å²) in [5, 5.41) is 3.47. The van der Waals surface area contributed by atoms with Gasteiger partial charge in [0.1, 0.15) is 0 Å². The molecular formula is C13H22F3N. The summed E-state index contributed by atoms with van der Waals surface area (Å²) in [5.41, 5.74) is 0. The van der Waals surface area contributed by atoms with E-state index in [-0.39, 0.29) is 12.5 Å². The van der Waals surface area contributed by atoms with Crippen molar-refractivity contribution in [3.63, 3.8) is 0 Å². The van der Waals surface area contributed by atoms with Crippen molar-refractivity contribution >= 4 is 0 Å². The second kappa shape index (κ2) is 5.17. The van der Waals surface area contributed by atoms with Crippen LogP contribution in [-0.2, 0) is 0 Å². The third-order valence-corrected chi connectivity index (χ3v) is 4.22. The lowest BCUT2D eigenvalue weighted by atomic mass is 9.84. The molecular weight excluding hydrogens is 227 g/mol. The third kappa shape index (κ3) is 3.60. The summed E-state index contributed by atoms with van der Waals surface area (Å²) in [7, 11) is 0. The highest BCUT2D eigenvalue weighted by molar-refractivity contribution is 4.90. The van der Waals surface area contributed by atoms with Gasteiger partial charge in [0.2, 0.25) is 0 Å². The second-order valence-electron chi connectivity index (χ2n) is 5.62. The van der Waals surface area contributed by atoms with Crippen LogP contribution < -0.4 is 5.32 Å². The summed E-state index contributed by atoms with van der Waals surface area (Å²) < 4.78 is 38.0. The molecule has 3 atom stereocenters. The topological polar surface area (TPSA) is 12.0 Å². The Morgan fingerprint density at radius 3 is 2.41 bits per heavy atom. The summed E-state index contributed by atoms with van der Waals surface area (Å²) in [4.78, 5) is 0. The zero-order chi connectivity index (χ0) is 12.5. The molecule has 0 aliphatic heterocycles. The lowest BCUT2D eigenvalue weighted by Crippen LogP contribution is -2.44. The van der Waals surface area contributed by atoms with Crippen LogP contribution in [0.5, 0.6) is 0 Å². The first-order valence-corrected chi connectivity index (χ1v) is 6.83. The van der Waals surface area contributed by atoms with Crippen LogP contribution in [0.25, 0.3) is 0 Å². The van der Waals surface area contributed by atoms with E-state index >= 15 is 0 Å². The van der Waals surface area contributed by atoms with Crippen LogP contribution in [-0.4, -0.2) is 18.3 Å². The number of alkyl halides is 3. The Balaban J connectivity index is 1.84. The SMILES string of the molecule is CCC(NC1CCCC(C(F)(F)F)C1)C1CC1. The molecule has 0 aromatic heterocycles. The molecule has 0 aromatic carbocycles. The van der Waals surface area contributed by atoms with E-state index in [9.17, 15) is 13.2 Å². The Kier molecular flexibility index (Phi) is 4.01. The molecule has 100 valence electrons. The van der Waals surface area contributed by atoms with Gasteiger partial charge in [-0.3, -0.25) is 0 Å². The van der Waals surface area contributed by atoms with E-state index < -0.39 is 12.1 Å². The van der Waals surface area contributed by atoms with E-state index in [1.165, 1.54) is 12.8 Å². The van der Waals surface area contributed by atoms with E-state index in [0.29, 0.717) is 18.9 Å². The molecule has 2 rings (SSSR count). The number of halogens is 3. The number of nitrogens with one attached hydrogen (secondary N) is 1. The monoisotopic (exact) mass is 249 g/mol. The Labute approximate surface area is 101 Å². The number of rotatable bonds is 4. The smallest absolute Gasteiger partial charge is 0.311 e. The van der Waals surface area contributed by atoms with Crippen LogP contribution in [0.1, 0.15) is 51.9 Å². The molecule has 2 fully saturated rings. The molecule has 0 saturated heterocycles. The molecule has 2 aliphatic rings. The molecule has 0 heterocycles. The van der Waals surface area contributed by atoms with Crippen molar-refractivity contribution in [1.29, 1.82) is 0 Å². The molecule has 2 saturated carbocycles. The maximum Gasteiger partial charge on any atom is 0.391 e. The van der Waals surface area contributed by atoms with Gasteiger partial charge < -0.3 is 5.32 Å². The summed E-state index contributed by atoms with van der Waals surface area (Å²) in [6.07, 6.45) is 1.77. The first-order chi connectivity index (χ1) is 8.00. The van der Waals surface area contributed by atoms with Crippen LogP contribution in [0.4, 0.5) is 13.2 Å². The van der Waals surface area contributed by atoms with Crippen molar-refractivity contribution in [3.05, 3.63) is 0 Å².